The van der Waals surface area contributed by atoms with E-state index < -0.39 is 0 Å². The molecular weight excluding hydrogens is 224 g/mol. The maximum absolute atomic E-state index is 5.89. The molecule has 1 aliphatic carbocycles. The minimum Gasteiger partial charge on any atom is -0.493 e. The Labute approximate surface area is 109 Å². The minimum absolute atomic E-state index is 0.287. The molecule has 1 heterocycles. The number of hydrogen-bond acceptors (Lipinski definition) is 3. The van der Waals surface area contributed by atoms with Gasteiger partial charge in [0.05, 0.1) is 6.61 Å². The van der Waals surface area contributed by atoms with Crippen LogP contribution in [0.5, 0.6) is 5.75 Å². The summed E-state index contributed by atoms with van der Waals surface area (Å²) in [4.78, 5) is 0. The van der Waals surface area contributed by atoms with Crippen molar-refractivity contribution in [2.24, 2.45) is 11.7 Å². The maximum Gasteiger partial charge on any atom is 0.122 e. The number of nitrogens with two attached hydrogens (primary N) is 1. The molecule has 3 nitrogen and oxygen atoms in total. The van der Waals surface area contributed by atoms with Gasteiger partial charge >= 0.3 is 0 Å². The van der Waals surface area contributed by atoms with Gasteiger partial charge in [0.25, 0.3) is 0 Å². The van der Waals surface area contributed by atoms with Gasteiger partial charge in [-0.1, -0.05) is 25.0 Å². The molecule has 98 valence electrons. The summed E-state index contributed by atoms with van der Waals surface area (Å²) < 4.78 is 5.54. The Morgan fingerprint density at radius 2 is 2.28 bits per heavy atom. The molecule has 3 rings (SSSR count). The summed E-state index contributed by atoms with van der Waals surface area (Å²) in [5, 5.41) is 3.58. The molecule has 1 fully saturated rings. The van der Waals surface area contributed by atoms with Crippen LogP contribution in [0.1, 0.15) is 36.4 Å². The first-order chi connectivity index (χ1) is 8.86. The molecule has 2 aliphatic rings. The Kier molecular flexibility index (Phi) is 3.52. The first kappa shape index (κ1) is 12.0. The monoisotopic (exact) mass is 246 g/mol. The van der Waals surface area contributed by atoms with Gasteiger partial charge in [-0.25, -0.2) is 0 Å². The van der Waals surface area contributed by atoms with E-state index in [-0.39, 0.29) is 6.04 Å². The lowest BCUT2D eigenvalue weighted by Gasteiger charge is -2.18. The maximum atomic E-state index is 5.89. The van der Waals surface area contributed by atoms with Crippen molar-refractivity contribution in [1.29, 1.82) is 0 Å². The average molecular weight is 246 g/mol. The van der Waals surface area contributed by atoms with Crippen molar-refractivity contribution in [2.45, 2.75) is 31.7 Å². The van der Waals surface area contributed by atoms with Gasteiger partial charge < -0.3 is 15.8 Å². The van der Waals surface area contributed by atoms with Crippen molar-refractivity contribution in [3.63, 3.8) is 0 Å². The van der Waals surface area contributed by atoms with Crippen LogP contribution in [-0.4, -0.2) is 19.7 Å². The molecule has 0 spiro atoms. The van der Waals surface area contributed by atoms with Gasteiger partial charge in [-0.15, -0.1) is 0 Å². The van der Waals surface area contributed by atoms with E-state index in [1.54, 1.807) is 0 Å². The van der Waals surface area contributed by atoms with Crippen molar-refractivity contribution in [3.05, 3.63) is 29.3 Å². The molecule has 3 N–H and O–H groups in total. The zero-order valence-corrected chi connectivity index (χ0v) is 10.8. The third-order valence-electron chi connectivity index (χ3n) is 3.99. The summed E-state index contributed by atoms with van der Waals surface area (Å²) in [7, 11) is 0. The van der Waals surface area contributed by atoms with Crippen molar-refractivity contribution in [3.8, 4) is 5.75 Å². The lowest BCUT2D eigenvalue weighted by Crippen LogP contribution is -2.29. The summed E-state index contributed by atoms with van der Waals surface area (Å²) in [6.07, 6.45) is 5.17. The van der Waals surface area contributed by atoms with Crippen LogP contribution in [0.2, 0.25) is 0 Å². The first-order valence-corrected chi connectivity index (χ1v) is 7.06. The smallest absolute Gasteiger partial charge is 0.122 e. The van der Waals surface area contributed by atoms with Crippen LogP contribution >= 0.6 is 0 Å². The third kappa shape index (κ3) is 2.68. The summed E-state index contributed by atoms with van der Waals surface area (Å²) in [5.41, 5.74) is 8.52. The number of rotatable bonds is 6. The van der Waals surface area contributed by atoms with E-state index in [9.17, 15) is 0 Å². The van der Waals surface area contributed by atoms with E-state index in [0.29, 0.717) is 6.54 Å². The fraction of sp³-hybridized carbons (Fsp3) is 0.600. The number of fused-ring (bicyclic) bond motifs is 1. The van der Waals surface area contributed by atoms with Crippen LogP contribution in [0.15, 0.2) is 18.2 Å². The summed E-state index contributed by atoms with van der Waals surface area (Å²) >= 11 is 0. The van der Waals surface area contributed by atoms with Crippen LogP contribution < -0.4 is 15.8 Å². The predicted molar refractivity (Wildman–Crippen MR) is 72.8 cm³/mol. The molecule has 18 heavy (non-hydrogen) atoms. The average Bonchev–Trinajstić information content (AvgIpc) is 3.10. The van der Waals surface area contributed by atoms with Gasteiger partial charge in [0.2, 0.25) is 0 Å². The van der Waals surface area contributed by atoms with Crippen LogP contribution in [0, 0.1) is 5.92 Å². The van der Waals surface area contributed by atoms with E-state index in [1.807, 2.05) is 0 Å². The highest BCUT2D eigenvalue weighted by molar-refractivity contribution is 5.40. The Bertz CT molecular complexity index is 415. The molecule has 3 heteroatoms. The third-order valence-corrected chi connectivity index (χ3v) is 3.99. The van der Waals surface area contributed by atoms with Gasteiger partial charge in [0.1, 0.15) is 5.75 Å². The van der Waals surface area contributed by atoms with Gasteiger partial charge in [0.15, 0.2) is 0 Å². The first-order valence-electron chi connectivity index (χ1n) is 7.06. The molecule has 1 saturated carbocycles. The topological polar surface area (TPSA) is 47.3 Å². The fourth-order valence-corrected chi connectivity index (χ4v) is 2.63. The molecular formula is C15H22N2O. The molecule has 0 radical (unpaired) electrons. The Morgan fingerprint density at radius 1 is 1.39 bits per heavy atom. The summed E-state index contributed by atoms with van der Waals surface area (Å²) in [5.74, 6) is 2.02. The Morgan fingerprint density at radius 3 is 3.06 bits per heavy atom. The highest BCUT2D eigenvalue weighted by Gasteiger charge is 2.21. The molecule has 0 bridgehead atoms. The van der Waals surface area contributed by atoms with E-state index >= 15 is 0 Å². The lowest BCUT2D eigenvalue weighted by molar-refractivity contribution is 0.356. The number of benzene rings is 1. The molecule has 1 aromatic carbocycles. The highest BCUT2D eigenvalue weighted by atomic mass is 16.5. The van der Waals surface area contributed by atoms with E-state index in [2.05, 4.69) is 23.5 Å². The zero-order chi connectivity index (χ0) is 12.4. The summed E-state index contributed by atoms with van der Waals surface area (Å²) in [6, 6.07) is 6.77. The zero-order valence-electron chi connectivity index (χ0n) is 10.8. The van der Waals surface area contributed by atoms with Gasteiger partial charge in [-0.05, 0) is 36.1 Å². The van der Waals surface area contributed by atoms with Gasteiger partial charge in [-0.3, -0.25) is 0 Å². The van der Waals surface area contributed by atoms with Gasteiger partial charge in [0, 0.05) is 19.0 Å². The second-order valence-corrected chi connectivity index (χ2v) is 5.44. The largest absolute Gasteiger partial charge is 0.493 e. The van der Waals surface area contributed by atoms with E-state index in [1.165, 1.54) is 30.4 Å². The molecule has 0 saturated heterocycles. The van der Waals surface area contributed by atoms with Crippen LogP contribution in [-0.2, 0) is 6.42 Å². The van der Waals surface area contributed by atoms with E-state index in [4.69, 9.17) is 10.5 Å². The molecule has 0 aromatic heterocycles. The normalized spacial score (nSPS) is 19.4. The van der Waals surface area contributed by atoms with Crippen molar-refractivity contribution in [1.82, 2.24) is 5.32 Å². The predicted octanol–water partition coefficient (Wildman–Crippen LogP) is 2.01. The minimum atomic E-state index is 0.287. The standard InChI is InChI=1S/C15H22N2O/c16-10-14(17-7-5-11-1-2-11)12-3-4-15-13(9-12)6-8-18-15/h3-4,9,11,14,17H,1-2,5-8,10,16H2. The molecule has 1 unspecified atom stereocenters. The lowest BCUT2D eigenvalue weighted by atomic mass is 10.0. The van der Waals surface area contributed by atoms with Crippen LogP contribution in [0.4, 0.5) is 0 Å². The SMILES string of the molecule is NCC(NCCC1CC1)c1ccc2c(c1)CCO2. The van der Waals surface area contributed by atoms with Crippen molar-refractivity contribution >= 4 is 0 Å². The second kappa shape index (κ2) is 5.29. The summed E-state index contributed by atoms with van der Waals surface area (Å²) in [6.45, 7) is 2.56. The van der Waals surface area contributed by atoms with Crippen LogP contribution in [0.3, 0.4) is 0 Å². The highest BCUT2D eigenvalue weighted by Crippen LogP contribution is 2.32. The van der Waals surface area contributed by atoms with Gasteiger partial charge in [-0.2, -0.15) is 0 Å². The molecule has 1 atom stereocenters. The molecule has 0 amide bonds. The Balaban J connectivity index is 1.62. The second-order valence-electron chi connectivity index (χ2n) is 5.44. The Hall–Kier alpha value is -1.06. The molecule has 1 aliphatic heterocycles. The van der Waals surface area contributed by atoms with Crippen molar-refractivity contribution < 1.29 is 4.74 Å². The fourth-order valence-electron chi connectivity index (χ4n) is 2.63. The number of hydrogen-bond donors (Lipinski definition) is 2. The number of ether oxygens (including phenoxy) is 1. The molecule has 1 aromatic rings. The van der Waals surface area contributed by atoms with Crippen LogP contribution in [0.25, 0.3) is 0 Å². The van der Waals surface area contributed by atoms with Crippen molar-refractivity contribution in [2.75, 3.05) is 19.7 Å². The number of nitrogens with one attached hydrogen (secondary N) is 1. The van der Waals surface area contributed by atoms with E-state index in [0.717, 1.165) is 31.2 Å². The quantitative estimate of drug-likeness (QED) is 0.807.